The minimum Gasteiger partial charge on any atom is -0.351 e. The van der Waals surface area contributed by atoms with Gasteiger partial charge in [0.2, 0.25) is 5.91 Å². The van der Waals surface area contributed by atoms with Crippen LogP contribution in [0.1, 0.15) is 60.8 Å². The second kappa shape index (κ2) is 5.20. The number of hydrogen-bond donors (Lipinski definition) is 2. The van der Waals surface area contributed by atoms with Crippen molar-refractivity contribution in [2.75, 3.05) is 0 Å². The van der Waals surface area contributed by atoms with Gasteiger partial charge in [0.25, 0.3) is 0 Å². The summed E-state index contributed by atoms with van der Waals surface area (Å²) in [5, 5.41) is 3.19. The maximum atomic E-state index is 12.5. The summed E-state index contributed by atoms with van der Waals surface area (Å²) in [6.45, 7) is 12.8. The fourth-order valence-electron chi connectivity index (χ4n) is 2.83. The van der Waals surface area contributed by atoms with Crippen molar-refractivity contribution in [2.24, 2.45) is 23.0 Å². The standard InChI is InChI=1S/C15H30N2O/c1-7-14(3,4)17-13(18)11-8-9-12(16)10(2)15(11,5)6/h10-12H,7-9,16H2,1-6H3,(H,17,18). The van der Waals surface area contributed by atoms with Crippen molar-refractivity contribution >= 4 is 5.91 Å². The minimum atomic E-state index is -0.115. The molecule has 1 aliphatic rings. The molecule has 0 bridgehead atoms. The van der Waals surface area contributed by atoms with E-state index in [1.54, 1.807) is 0 Å². The highest BCUT2D eigenvalue weighted by Crippen LogP contribution is 2.44. The lowest BCUT2D eigenvalue weighted by Crippen LogP contribution is -2.54. The molecule has 18 heavy (non-hydrogen) atoms. The SMILES string of the molecule is CCC(C)(C)NC(=O)C1CCC(N)C(C)C1(C)C. The third-order valence-corrected chi connectivity index (χ3v) is 5.16. The largest absolute Gasteiger partial charge is 0.351 e. The first kappa shape index (κ1) is 15.5. The van der Waals surface area contributed by atoms with Crippen molar-refractivity contribution in [1.29, 1.82) is 0 Å². The summed E-state index contributed by atoms with van der Waals surface area (Å²) >= 11 is 0. The molecule has 0 aromatic rings. The maximum absolute atomic E-state index is 12.5. The zero-order valence-corrected chi connectivity index (χ0v) is 12.8. The number of carbonyl (C=O) groups is 1. The van der Waals surface area contributed by atoms with E-state index in [9.17, 15) is 4.79 Å². The highest BCUT2D eigenvalue weighted by atomic mass is 16.2. The van der Waals surface area contributed by atoms with Gasteiger partial charge in [-0.25, -0.2) is 0 Å². The average molecular weight is 254 g/mol. The van der Waals surface area contributed by atoms with E-state index in [0.29, 0.717) is 5.92 Å². The van der Waals surface area contributed by atoms with E-state index in [0.717, 1.165) is 19.3 Å². The van der Waals surface area contributed by atoms with Gasteiger partial charge in [-0.3, -0.25) is 4.79 Å². The zero-order chi connectivity index (χ0) is 14.1. The maximum Gasteiger partial charge on any atom is 0.224 e. The Morgan fingerprint density at radius 1 is 1.39 bits per heavy atom. The van der Waals surface area contributed by atoms with Crippen LogP contribution in [0.3, 0.4) is 0 Å². The number of rotatable bonds is 3. The smallest absolute Gasteiger partial charge is 0.224 e. The average Bonchev–Trinajstić information content (AvgIpc) is 2.25. The van der Waals surface area contributed by atoms with Gasteiger partial charge in [-0.05, 0) is 44.4 Å². The Bertz CT molecular complexity index is 310. The van der Waals surface area contributed by atoms with Gasteiger partial charge < -0.3 is 11.1 Å². The Balaban J connectivity index is 2.80. The second-order valence-electron chi connectivity index (χ2n) is 7.13. The molecule has 3 unspecified atom stereocenters. The van der Waals surface area contributed by atoms with Gasteiger partial charge in [-0.15, -0.1) is 0 Å². The summed E-state index contributed by atoms with van der Waals surface area (Å²) in [5.74, 6) is 0.662. The van der Waals surface area contributed by atoms with Crippen molar-refractivity contribution in [3.63, 3.8) is 0 Å². The van der Waals surface area contributed by atoms with E-state index in [1.807, 2.05) is 0 Å². The van der Waals surface area contributed by atoms with Crippen LogP contribution in [0.2, 0.25) is 0 Å². The van der Waals surface area contributed by atoms with E-state index >= 15 is 0 Å². The Morgan fingerprint density at radius 3 is 2.44 bits per heavy atom. The van der Waals surface area contributed by atoms with Crippen LogP contribution in [-0.2, 0) is 4.79 Å². The number of amides is 1. The van der Waals surface area contributed by atoms with Crippen LogP contribution in [0.15, 0.2) is 0 Å². The summed E-state index contributed by atoms with van der Waals surface area (Å²) in [6, 6.07) is 0.225. The van der Waals surface area contributed by atoms with E-state index in [1.165, 1.54) is 0 Å². The van der Waals surface area contributed by atoms with Crippen molar-refractivity contribution in [1.82, 2.24) is 5.32 Å². The predicted octanol–water partition coefficient (Wildman–Crippen LogP) is 2.69. The first-order valence-corrected chi connectivity index (χ1v) is 7.19. The third kappa shape index (κ3) is 3.05. The van der Waals surface area contributed by atoms with E-state index in [4.69, 9.17) is 5.73 Å². The molecule has 3 nitrogen and oxygen atoms in total. The fourth-order valence-corrected chi connectivity index (χ4v) is 2.83. The van der Waals surface area contributed by atoms with Gasteiger partial charge in [0.15, 0.2) is 0 Å². The van der Waals surface area contributed by atoms with Crippen molar-refractivity contribution < 1.29 is 4.79 Å². The van der Waals surface area contributed by atoms with Gasteiger partial charge in [-0.2, -0.15) is 0 Å². The molecule has 106 valence electrons. The summed E-state index contributed by atoms with van der Waals surface area (Å²) < 4.78 is 0. The van der Waals surface area contributed by atoms with Crippen LogP contribution < -0.4 is 11.1 Å². The molecule has 1 amide bonds. The van der Waals surface area contributed by atoms with Crippen molar-refractivity contribution in [3.05, 3.63) is 0 Å². The van der Waals surface area contributed by atoms with Crippen LogP contribution in [0.4, 0.5) is 0 Å². The van der Waals surface area contributed by atoms with Crippen LogP contribution in [0.5, 0.6) is 0 Å². The molecule has 1 saturated carbocycles. The van der Waals surface area contributed by atoms with Crippen LogP contribution >= 0.6 is 0 Å². The molecule has 0 spiro atoms. The van der Waals surface area contributed by atoms with Crippen molar-refractivity contribution in [2.45, 2.75) is 72.4 Å². The lowest BCUT2D eigenvalue weighted by atomic mass is 9.61. The van der Waals surface area contributed by atoms with Crippen molar-refractivity contribution in [3.8, 4) is 0 Å². The Kier molecular flexibility index (Phi) is 4.47. The van der Waals surface area contributed by atoms with Crippen LogP contribution in [0.25, 0.3) is 0 Å². The summed E-state index contributed by atoms with van der Waals surface area (Å²) in [5.41, 5.74) is 6.00. The molecule has 1 rings (SSSR count). The van der Waals surface area contributed by atoms with E-state index < -0.39 is 0 Å². The molecule has 1 aliphatic carbocycles. The monoisotopic (exact) mass is 254 g/mol. The van der Waals surface area contributed by atoms with E-state index in [2.05, 4.69) is 46.9 Å². The number of nitrogens with one attached hydrogen (secondary N) is 1. The van der Waals surface area contributed by atoms with Gasteiger partial charge >= 0.3 is 0 Å². The topological polar surface area (TPSA) is 55.1 Å². The van der Waals surface area contributed by atoms with Crippen LogP contribution in [-0.4, -0.2) is 17.5 Å². The minimum absolute atomic E-state index is 0.0223. The Morgan fingerprint density at radius 2 is 1.94 bits per heavy atom. The summed E-state index contributed by atoms with van der Waals surface area (Å²) in [6.07, 6.45) is 2.81. The highest BCUT2D eigenvalue weighted by molar-refractivity contribution is 5.80. The first-order chi connectivity index (χ1) is 8.12. The van der Waals surface area contributed by atoms with Gasteiger partial charge in [0.1, 0.15) is 0 Å². The fraction of sp³-hybridized carbons (Fsp3) is 0.933. The lowest BCUT2D eigenvalue weighted by molar-refractivity contribution is -0.134. The Labute approximate surface area is 112 Å². The number of nitrogens with two attached hydrogens (primary N) is 1. The van der Waals surface area contributed by atoms with E-state index in [-0.39, 0.29) is 28.8 Å². The van der Waals surface area contributed by atoms with Gasteiger partial charge in [0.05, 0.1) is 0 Å². The molecule has 3 heteroatoms. The molecule has 3 atom stereocenters. The summed E-state index contributed by atoms with van der Waals surface area (Å²) in [4.78, 5) is 12.5. The molecular weight excluding hydrogens is 224 g/mol. The first-order valence-electron chi connectivity index (χ1n) is 7.19. The Hall–Kier alpha value is -0.570. The second-order valence-corrected chi connectivity index (χ2v) is 7.13. The zero-order valence-electron chi connectivity index (χ0n) is 12.8. The molecule has 0 aromatic carbocycles. The normalized spacial score (nSPS) is 32.1. The molecule has 0 saturated heterocycles. The third-order valence-electron chi connectivity index (χ3n) is 5.16. The van der Waals surface area contributed by atoms with Gasteiger partial charge in [-0.1, -0.05) is 27.7 Å². The molecular formula is C15H30N2O. The molecule has 0 aliphatic heterocycles. The predicted molar refractivity (Wildman–Crippen MR) is 76.2 cm³/mol. The molecule has 1 fully saturated rings. The number of carbonyl (C=O) groups excluding carboxylic acids is 1. The number of hydrogen-bond acceptors (Lipinski definition) is 2. The molecule has 0 heterocycles. The lowest BCUT2D eigenvalue weighted by Gasteiger charge is -2.46. The molecule has 0 radical (unpaired) electrons. The quantitative estimate of drug-likeness (QED) is 0.813. The highest BCUT2D eigenvalue weighted by Gasteiger charge is 2.45. The summed E-state index contributed by atoms with van der Waals surface area (Å²) in [7, 11) is 0. The molecule has 3 N–H and O–H groups in total. The molecule has 0 aromatic heterocycles. The van der Waals surface area contributed by atoms with Crippen LogP contribution in [0, 0.1) is 17.3 Å². The van der Waals surface area contributed by atoms with Gasteiger partial charge in [0, 0.05) is 17.5 Å².